The number of aromatic hydroxyl groups is 1. The highest BCUT2D eigenvalue weighted by molar-refractivity contribution is 6.39. The third kappa shape index (κ3) is 4.03. The zero-order valence-electron chi connectivity index (χ0n) is 13.5. The van der Waals surface area contributed by atoms with Crippen LogP contribution in [0.15, 0.2) is 48.5 Å². The van der Waals surface area contributed by atoms with Crippen LogP contribution in [0, 0.1) is 0 Å². The number of rotatable bonds is 2. The van der Waals surface area contributed by atoms with Crippen molar-refractivity contribution in [1.29, 1.82) is 0 Å². The number of piperazine rings is 1. The summed E-state index contributed by atoms with van der Waals surface area (Å²) >= 11 is 6.01. The monoisotopic (exact) mass is 359 g/mol. The fourth-order valence-corrected chi connectivity index (χ4v) is 2.92. The number of benzene rings is 2. The first-order chi connectivity index (χ1) is 12.0. The molecular weight excluding hydrogens is 342 g/mol. The first-order valence-electron chi connectivity index (χ1n) is 7.93. The third-order valence-corrected chi connectivity index (χ3v) is 4.32. The van der Waals surface area contributed by atoms with E-state index in [2.05, 4.69) is 10.2 Å². The smallest absolute Gasteiger partial charge is 0.314 e. The molecule has 0 spiro atoms. The molecule has 2 amide bonds. The Balaban J connectivity index is 1.58. The van der Waals surface area contributed by atoms with Crippen molar-refractivity contribution < 1.29 is 14.7 Å². The Morgan fingerprint density at radius 2 is 1.72 bits per heavy atom. The summed E-state index contributed by atoms with van der Waals surface area (Å²) in [5, 5.41) is 12.8. The van der Waals surface area contributed by atoms with Gasteiger partial charge in [-0.25, -0.2) is 0 Å². The number of para-hydroxylation sites is 2. The van der Waals surface area contributed by atoms with Gasteiger partial charge < -0.3 is 20.2 Å². The molecule has 0 aliphatic carbocycles. The van der Waals surface area contributed by atoms with Crippen LogP contribution in [-0.2, 0) is 9.59 Å². The van der Waals surface area contributed by atoms with Crippen LogP contribution < -0.4 is 10.2 Å². The number of nitrogens with zero attached hydrogens (tertiary/aromatic N) is 2. The van der Waals surface area contributed by atoms with Crippen molar-refractivity contribution >= 4 is 34.8 Å². The van der Waals surface area contributed by atoms with E-state index in [1.807, 2.05) is 24.3 Å². The standard InChI is InChI=1S/C18H18ClN3O3/c19-13-4-3-5-14(12-13)21-8-10-22(11-9-21)18(25)17(24)20-15-6-1-2-7-16(15)23/h1-7,12,23H,8-11H2,(H,20,24). The Morgan fingerprint density at radius 1 is 1.00 bits per heavy atom. The lowest BCUT2D eigenvalue weighted by atomic mass is 10.2. The molecule has 0 bridgehead atoms. The second-order valence-corrected chi connectivity index (χ2v) is 6.17. The van der Waals surface area contributed by atoms with Crippen molar-refractivity contribution in [3.05, 3.63) is 53.6 Å². The second-order valence-electron chi connectivity index (χ2n) is 5.73. The van der Waals surface area contributed by atoms with Gasteiger partial charge in [0.1, 0.15) is 5.75 Å². The average Bonchev–Trinajstić information content (AvgIpc) is 2.63. The SMILES string of the molecule is O=C(Nc1ccccc1O)C(=O)N1CCN(c2cccc(Cl)c2)CC1. The normalized spacial score (nSPS) is 14.3. The van der Waals surface area contributed by atoms with Crippen LogP contribution >= 0.6 is 11.6 Å². The van der Waals surface area contributed by atoms with Gasteiger partial charge in [0, 0.05) is 36.9 Å². The van der Waals surface area contributed by atoms with Crippen LogP contribution in [0.2, 0.25) is 5.02 Å². The summed E-state index contributed by atoms with van der Waals surface area (Å²) in [6, 6.07) is 13.8. The number of hydrogen-bond acceptors (Lipinski definition) is 4. The summed E-state index contributed by atoms with van der Waals surface area (Å²) in [4.78, 5) is 28.1. The molecule has 3 rings (SSSR count). The quantitative estimate of drug-likeness (QED) is 0.637. The molecule has 130 valence electrons. The maximum absolute atomic E-state index is 12.3. The molecule has 0 aromatic heterocycles. The third-order valence-electron chi connectivity index (χ3n) is 4.09. The molecule has 1 fully saturated rings. The lowest BCUT2D eigenvalue weighted by Crippen LogP contribution is -2.51. The Bertz CT molecular complexity index is 789. The van der Waals surface area contributed by atoms with Gasteiger partial charge in [-0.05, 0) is 30.3 Å². The van der Waals surface area contributed by atoms with Gasteiger partial charge in [-0.15, -0.1) is 0 Å². The number of nitrogens with one attached hydrogen (secondary N) is 1. The molecule has 2 aromatic rings. The van der Waals surface area contributed by atoms with E-state index in [0.717, 1.165) is 5.69 Å². The van der Waals surface area contributed by atoms with E-state index in [9.17, 15) is 14.7 Å². The summed E-state index contributed by atoms with van der Waals surface area (Å²) in [5.74, 6) is -1.43. The van der Waals surface area contributed by atoms with E-state index < -0.39 is 11.8 Å². The minimum absolute atomic E-state index is 0.0746. The maximum atomic E-state index is 12.3. The Labute approximate surface area is 150 Å². The van der Waals surface area contributed by atoms with Crippen molar-refractivity contribution in [2.24, 2.45) is 0 Å². The molecule has 1 aliphatic heterocycles. The van der Waals surface area contributed by atoms with Crippen LogP contribution in [0.3, 0.4) is 0 Å². The second kappa shape index (κ2) is 7.44. The molecule has 7 heteroatoms. The lowest BCUT2D eigenvalue weighted by Gasteiger charge is -2.35. The summed E-state index contributed by atoms with van der Waals surface area (Å²) in [7, 11) is 0. The summed E-state index contributed by atoms with van der Waals surface area (Å²) in [5.41, 5.74) is 1.22. The molecule has 0 radical (unpaired) electrons. The Morgan fingerprint density at radius 3 is 2.40 bits per heavy atom. The number of amides is 2. The highest BCUT2D eigenvalue weighted by atomic mass is 35.5. The molecule has 0 atom stereocenters. The number of phenols is 1. The van der Waals surface area contributed by atoms with E-state index >= 15 is 0 Å². The van der Waals surface area contributed by atoms with Crippen molar-refractivity contribution in [2.45, 2.75) is 0 Å². The van der Waals surface area contributed by atoms with Crippen LogP contribution in [0.25, 0.3) is 0 Å². The van der Waals surface area contributed by atoms with Crippen molar-refractivity contribution in [3.8, 4) is 5.75 Å². The van der Waals surface area contributed by atoms with Gasteiger partial charge in [0.15, 0.2) is 0 Å². The fraction of sp³-hybridized carbons (Fsp3) is 0.222. The van der Waals surface area contributed by atoms with Gasteiger partial charge in [0.25, 0.3) is 0 Å². The lowest BCUT2D eigenvalue weighted by molar-refractivity contribution is -0.143. The molecule has 0 saturated carbocycles. The fourth-order valence-electron chi connectivity index (χ4n) is 2.74. The van der Waals surface area contributed by atoms with E-state index in [0.29, 0.717) is 31.2 Å². The number of halogens is 1. The minimum Gasteiger partial charge on any atom is -0.506 e. The van der Waals surface area contributed by atoms with Gasteiger partial charge >= 0.3 is 11.8 Å². The summed E-state index contributed by atoms with van der Waals surface area (Å²) in [6.45, 7) is 2.13. The topological polar surface area (TPSA) is 72.9 Å². The first-order valence-corrected chi connectivity index (χ1v) is 8.31. The molecule has 0 unspecified atom stereocenters. The minimum atomic E-state index is -0.752. The highest BCUT2D eigenvalue weighted by Gasteiger charge is 2.26. The molecule has 1 heterocycles. The van der Waals surface area contributed by atoms with Crippen molar-refractivity contribution in [2.75, 3.05) is 36.4 Å². The Kier molecular flexibility index (Phi) is 5.09. The Hall–Kier alpha value is -2.73. The van der Waals surface area contributed by atoms with Gasteiger partial charge in [-0.2, -0.15) is 0 Å². The van der Waals surface area contributed by atoms with E-state index in [1.165, 1.54) is 17.0 Å². The molecule has 1 aliphatic rings. The maximum Gasteiger partial charge on any atom is 0.314 e. The van der Waals surface area contributed by atoms with E-state index in [-0.39, 0.29) is 11.4 Å². The zero-order valence-corrected chi connectivity index (χ0v) is 14.2. The number of hydrogen-bond donors (Lipinski definition) is 2. The summed E-state index contributed by atoms with van der Waals surface area (Å²) < 4.78 is 0. The van der Waals surface area contributed by atoms with Crippen LogP contribution in [0.1, 0.15) is 0 Å². The first kappa shape index (κ1) is 17.1. The van der Waals surface area contributed by atoms with Gasteiger partial charge in [-0.1, -0.05) is 29.8 Å². The molecule has 6 nitrogen and oxygen atoms in total. The predicted molar refractivity (Wildman–Crippen MR) is 97.0 cm³/mol. The molecule has 2 N–H and O–H groups in total. The molecule has 1 saturated heterocycles. The van der Waals surface area contributed by atoms with E-state index in [4.69, 9.17) is 11.6 Å². The number of carbonyl (C=O) groups is 2. The van der Waals surface area contributed by atoms with Gasteiger partial charge in [0.05, 0.1) is 5.69 Å². The van der Waals surface area contributed by atoms with Crippen LogP contribution in [-0.4, -0.2) is 48.0 Å². The van der Waals surface area contributed by atoms with Crippen LogP contribution in [0.4, 0.5) is 11.4 Å². The number of phenolic OH excluding ortho intramolecular Hbond substituents is 1. The molecule has 25 heavy (non-hydrogen) atoms. The largest absolute Gasteiger partial charge is 0.506 e. The van der Waals surface area contributed by atoms with Crippen molar-refractivity contribution in [1.82, 2.24) is 4.90 Å². The number of carbonyl (C=O) groups excluding carboxylic acids is 2. The average molecular weight is 360 g/mol. The van der Waals surface area contributed by atoms with Gasteiger partial charge in [0.2, 0.25) is 0 Å². The highest BCUT2D eigenvalue weighted by Crippen LogP contribution is 2.22. The number of anilines is 2. The molecular formula is C18H18ClN3O3. The van der Waals surface area contributed by atoms with Crippen molar-refractivity contribution in [3.63, 3.8) is 0 Å². The van der Waals surface area contributed by atoms with E-state index in [1.54, 1.807) is 12.1 Å². The van der Waals surface area contributed by atoms with Crippen LogP contribution in [0.5, 0.6) is 5.75 Å². The predicted octanol–water partition coefficient (Wildman–Crippen LogP) is 2.33. The zero-order chi connectivity index (χ0) is 17.8. The summed E-state index contributed by atoms with van der Waals surface area (Å²) in [6.07, 6.45) is 0. The van der Waals surface area contributed by atoms with Gasteiger partial charge in [-0.3, -0.25) is 9.59 Å². The molecule has 2 aromatic carbocycles.